The molecule has 1 atom stereocenters. The zero-order chi connectivity index (χ0) is 11.7. The highest BCUT2D eigenvalue weighted by atomic mass is 35.5. The lowest BCUT2D eigenvalue weighted by molar-refractivity contribution is -0.117. The molecule has 1 saturated heterocycles. The summed E-state index contributed by atoms with van der Waals surface area (Å²) in [5.41, 5.74) is 0.723. The van der Waals surface area contributed by atoms with Gasteiger partial charge in [0.1, 0.15) is 0 Å². The van der Waals surface area contributed by atoms with Gasteiger partial charge in [-0.3, -0.25) is 4.79 Å². The minimum Gasteiger partial charge on any atom is -0.310 e. The van der Waals surface area contributed by atoms with Crippen LogP contribution >= 0.6 is 23.2 Å². The summed E-state index contributed by atoms with van der Waals surface area (Å²) < 4.78 is 0. The van der Waals surface area contributed by atoms with E-state index in [1.807, 2.05) is 6.08 Å². The number of hydrogen-bond donors (Lipinski definition) is 0. The molecule has 1 aromatic rings. The van der Waals surface area contributed by atoms with Crippen molar-refractivity contribution in [2.24, 2.45) is 5.92 Å². The third-order valence-electron chi connectivity index (χ3n) is 2.69. The molecule has 0 bridgehead atoms. The summed E-state index contributed by atoms with van der Waals surface area (Å²) in [5.74, 6) is 0.286. The van der Waals surface area contributed by atoms with Crippen LogP contribution in [-0.4, -0.2) is 12.5 Å². The molecule has 2 nitrogen and oxygen atoms in total. The van der Waals surface area contributed by atoms with E-state index in [0.717, 1.165) is 5.69 Å². The first-order chi connectivity index (χ1) is 7.61. The molecule has 1 heterocycles. The van der Waals surface area contributed by atoms with Crippen LogP contribution in [0.2, 0.25) is 10.0 Å². The zero-order valence-electron chi connectivity index (χ0n) is 8.62. The fourth-order valence-corrected chi connectivity index (χ4v) is 2.34. The topological polar surface area (TPSA) is 20.3 Å². The van der Waals surface area contributed by atoms with Crippen molar-refractivity contribution in [1.82, 2.24) is 0 Å². The smallest absolute Gasteiger partial charge is 0.227 e. The van der Waals surface area contributed by atoms with Crippen LogP contribution in [0, 0.1) is 5.92 Å². The number of rotatable bonds is 2. The van der Waals surface area contributed by atoms with Crippen molar-refractivity contribution in [3.63, 3.8) is 0 Å². The zero-order valence-corrected chi connectivity index (χ0v) is 10.1. The Balaban J connectivity index is 2.31. The number of anilines is 1. The second-order valence-corrected chi connectivity index (χ2v) is 4.64. The maximum atomic E-state index is 11.8. The lowest BCUT2D eigenvalue weighted by atomic mass is 10.1. The lowest BCUT2D eigenvalue weighted by Gasteiger charge is -2.17. The van der Waals surface area contributed by atoms with Crippen molar-refractivity contribution >= 4 is 34.8 Å². The first kappa shape index (κ1) is 11.5. The van der Waals surface area contributed by atoms with Gasteiger partial charge < -0.3 is 4.90 Å². The minimum atomic E-state index is 0.0779. The molecule has 1 aliphatic rings. The fraction of sp³-hybridized carbons (Fsp3) is 0.250. The predicted octanol–water partition coefficient (Wildman–Crippen LogP) is 3.53. The molecular formula is C12H11Cl2NO. The average Bonchev–Trinajstić information content (AvgIpc) is 2.60. The van der Waals surface area contributed by atoms with Crippen molar-refractivity contribution in [1.29, 1.82) is 0 Å². The third kappa shape index (κ3) is 2.08. The summed E-state index contributed by atoms with van der Waals surface area (Å²) in [6.07, 6.45) is 2.31. The maximum Gasteiger partial charge on any atom is 0.227 e. The van der Waals surface area contributed by atoms with Crippen LogP contribution in [0.25, 0.3) is 0 Å². The molecule has 16 heavy (non-hydrogen) atoms. The van der Waals surface area contributed by atoms with Gasteiger partial charge >= 0.3 is 0 Å². The van der Waals surface area contributed by atoms with Gasteiger partial charge in [-0.2, -0.15) is 0 Å². The second kappa shape index (κ2) is 4.48. The number of hydrogen-bond acceptors (Lipinski definition) is 1. The van der Waals surface area contributed by atoms with Crippen LogP contribution in [0.1, 0.15) is 6.42 Å². The van der Waals surface area contributed by atoms with Gasteiger partial charge in [-0.25, -0.2) is 0 Å². The highest BCUT2D eigenvalue weighted by Crippen LogP contribution is 2.33. The molecule has 0 radical (unpaired) electrons. The van der Waals surface area contributed by atoms with E-state index in [1.165, 1.54) is 0 Å². The molecule has 1 aromatic carbocycles. The number of benzene rings is 1. The number of carbonyl (C=O) groups is 1. The molecule has 1 unspecified atom stereocenters. The van der Waals surface area contributed by atoms with Crippen LogP contribution in [0.3, 0.4) is 0 Å². The monoisotopic (exact) mass is 255 g/mol. The number of nitrogens with zero attached hydrogens (tertiary/aromatic N) is 1. The lowest BCUT2D eigenvalue weighted by Crippen LogP contribution is -2.24. The van der Waals surface area contributed by atoms with Crippen LogP contribution in [0.15, 0.2) is 30.9 Å². The Morgan fingerprint density at radius 1 is 1.44 bits per heavy atom. The summed E-state index contributed by atoms with van der Waals surface area (Å²) in [7, 11) is 0. The largest absolute Gasteiger partial charge is 0.310 e. The Hall–Kier alpha value is -0.990. The van der Waals surface area contributed by atoms with E-state index in [1.54, 1.807) is 23.1 Å². The van der Waals surface area contributed by atoms with Gasteiger partial charge in [0.15, 0.2) is 0 Å². The molecule has 1 aliphatic heterocycles. The average molecular weight is 256 g/mol. The molecule has 0 spiro atoms. The first-order valence-electron chi connectivity index (χ1n) is 5.00. The number of amides is 1. The summed E-state index contributed by atoms with van der Waals surface area (Å²) in [4.78, 5) is 13.5. The van der Waals surface area contributed by atoms with Crippen molar-refractivity contribution < 1.29 is 4.79 Å². The molecular weight excluding hydrogens is 245 g/mol. The summed E-state index contributed by atoms with van der Waals surface area (Å²) in [5, 5.41) is 1.08. The molecule has 4 heteroatoms. The van der Waals surface area contributed by atoms with Crippen LogP contribution in [-0.2, 0) is 4.79 Å². The maximum absolute atomic E-state index is 11.8. The van der Waals surface area contributed by atoms with E-state index < -0.39 is 0 Å². The van der Waals surface area contributed by atoms with E-state index in [2.05, 4.69) is 6.58 Å². The first-order valence-corrected chi connectivity index (χ1v) is 5.75. The van der Waals surface area contributed by atoms with Gasteiger partial charge in [0.2, 0.25) is 5.91 Å². The second-order valence-electron chi connectivity index (χ2n) is 3.80. The van der Waals surface area contributed by atoms with Gasteiger partial charge in [0.25, 0.3) is 0 Å². The normalized spacial score (nSPS) is 20.2. The molecule has 84 valence electrons. The van der Waals surface area contributed by atoms with Crippen molar-refractivity contribution in [2.75, 3.05) is 11.4 Å². The summed E-state index contributed by atoms with van der Waals surface area (Å²) in [6, 6.07) is 5.15. The van der Waals surface area contributed by atoms with Gasteiger partial charge in [-0.1, -0.05) is 29.3 Å². The van der Waals surface area contributed by atoms with Gasteiger partial charge in [0.05, 0.1) is 10.7 Å². The molecule has 2 rings (SSSR count). The van der Waals surface area contributed by atoms with Crippen LogP contribution < -0.4 is 4.90 Å². The van der Waals surface area contributed by atoms with Gasteiger partial charge in [0, 0.05) is 23.9 Å². The molecule has 1 fully saturated rings. The Labute approximate surface area is 104 Å². The van der Waals surface area contributed by atoms with Crippen LogP contribution in [0.4, 0.5) is 5.69 Å². The SMILES string of the molecule is C=CC1CC(=O)N(c2ccc(Cl)cc2Cl)C1. The van der Waals surface area contributed by atoms with E-state index >= 15 is 0 Å². The van der Waals surface area contributed by atoms with E-state index in [0.29, 0.717) is 23.0 Å². The summed E-state index contributed by atoms with van der Waals surface area (Å²) >= 11 is 11.9. The van der Waals surface area contributed by atoms with Gasteiger partial charge in [-0.05, 0) is 18.2 Å². The highest BCUT2D eigenvalue weighted by molar-refractivity contribution is 6.36. The molecule has 0 aliphatic carbocycles. The Morgan fingerprint density at radius 3 is 2.75 bits per heavy atom. The molecule has 1 amide bonds. The number of halogens is 2. The molecule has 0 aromatic heterocycles. The van der Waals surface area contributed by atoms with Crippen molar-refractivity contribution in [2.45, 2.75) is 6.42 Å². The number of carbonyl (C=O) groups excluding carboxylic acids is 1. The molecule has 0 N–H and O–H groups in total. The third-order valence-corrected chi connectivity index (χ3v) is 3.23. The van der Waals surface area contributed by atoms with E-state index in [-0.39, 0.29) is 11.8 Å². The van der Waals surface area contributed by atoms with Gasteiger partial charge in [-0.15, -0.1) is 6.58 Å². The Kier molecular flexibility index (Phi) is 3.22. The minimum absolute atomic E-state index is 0.0779. The van der Waals surface area contributed by atoms with E-state index in [4.69, 9.17) is 23.2 Å². The van der Waals surface area contributed by atoms with Crippen LogP contribution in [0.5, 0.6) is 0 Å². The standard InChI is InChI=1S/C12H11Cl2NO/c1-2-8-5-12(16)15(7-8)11-4-3-9(13)6-10(11)14/h2-4,6,8H,1,5,7H2. The Morgan fingerprint density at radius 2 is 2.19 bits per heavy atom. The van der Waals surface area contributed by atoms with E-state index in [9.17, 15) is 4.79 Å². The summed E-state index contributed by atoms with van der Waals surface area (Å²) in [6.45, 7) is 4.35. The predicted molar refractivity (Wildman–Crippen MR) is 67.1 cm³/mol. The van der Waals surface area contributed by atoms with Crippen molar-refractivity contribution in [3.8, 4) is 0 Å². The molecule has 0 saturated carbocycles. The fourth-order valence-electron chi connectivity index (χ4n) is 1.83. The quantitative estimate of drug-likeness (QED) is 0.741. The highest BCUT2D eigenvalue weighted by Gasteiger charge is 2.29. The van der Waals surface area contributed by atoms with Crippen molar-refractivity contribution in [3.05, 3.63) is 40.9 Å². The Bertz CT molecular complexity index is 445.